The van der Waals surface area contributed by atoms with Gasteiger partial charge in [0.25, 0.3) is 5.91 Å². The maximum absolute atomic E-state index is 13.3. The molecule has 0 bridgehead atoms. The minimum atomic E-state index is -0.607. The number of para-hydroxylation sites is 1. The number of amides is 1. The summed E-state index contributed by atoms with van der Waals surface area (Å²) >= 11 is 0. The first-order valence-electron chi connectivity index (χ1n) is 6.12. The van der Waals surface area contributed by atoms with Gasteiger partial charge in [-0.2, -0.15) is 0 Å². The van der Waals surface area contributed by atoms with E-state index >= 15 is 0 Å². The fraction of sp³-hybridized carbons (Fsp3) is 0.133. The van der Waals surface area contributed by atoms with E-state index in [1.165, 1.54) is 18.2 Å². The fourth-order valence-corrected chi connectivity index (χ4v) is 1.78. The molecule has 0 unspecified atom stereocenters. The van der Waals surface area contributed by atoms with E-state index in [9.17, 15) is 9.18 Å². The largest absolute Gasteiger partial charge is 0.396 e. The molecule has 0 aliphatic rings. The molecule has 5 heteroatoms. The average molecular weight is 274 g/mol. The number of rotatable bonds is 4. The van der Waals surface area contributed by atoms with Crippen LogP contribution in [0.1, 0.15) is 21.5 Å². The second-order valence-electron chi connectivity index (χ2n) is 4.36. The van der Waals surface area contributed by atoms with Gasteiger partial charge in [0, 0.05) is 6.54 Å². The van der Waals surface area contributed by atoms with Crippen LogP contribution in [0.4, 0.5) is 10.1 Å². The average Bonchev–Trinajstić information content (AvgIpc) is 2.48. The Labute approximate surface area is 116 Å². The molecule has 2 aromatic rings. The summed E-state index contributed by atoms with van der Waals surface area (Å²) in [7, 11) is 0. The highest BCUT2D eigenvalue weighted by molar-refractivity contribution is 5.99. The van der Waals surface area contributed by atoms with Gasteiger partial charge in [-0.05, 0) is 23.3 Å². The highest BCUT2D eigenvalue weighted by Crippen LogP contribution is 2.15. The van der Waals surface area contributed by atoms with Crippen molar-refractivity contribution in [1.29, 1.82) is 0 Å². The predicted molar refractivity (Wildman–Crippen MR) is 74.3 cm³/mol. The Hall–Kier alpha value is -2.40. The third-order valence-corrected chi connectivity index (χ3v) is 2.96. The van der Waals surface area contributed by atoms with E-state index in [-0.39, 0.29) is 17.9 Å². The molecule has 4 N–H and O–H groups in total. The third kappa shape index (κ3) is 3.13. The fourth-order valence-electron chi connectivity index (χ4n) is 1.78. The van der Waals surface area contributed by atoms with E-state index < -0.39 is 11.7 Å². The van der Waals surface area contributed by atoms with Crippen molar-refractivity contribution in [3.05, 3.63) is 65.0 Å². The molecule has 0 saturated heterocycles. The zero-order chi connectivity index (χ0) is 14.5. The van der Waals surface area contributed by atoms with Crippen LogP contribution in [0, 0.1) is 5.82 Å². The van der Waals surface area contributed by atoms with Crippen LogP contribution in [0.3, 0.4) is 0 Å². The lowest BCUT2D eigenvalue weighted by Gasteiger charge is -2.08. The third-order valence-electron chi connectivity index (χ3n) is 2.96. The number of nitrogens with one attached hydrogen (secondary N) is 1. The molecule has 0 aliphatic carbocycles. The zero-order valence-corrected chi connectivity index (χ0v) is 10.8. The van der Waals surface area contributed by atoms with E-state index in [0.717, 1.165) is 11.1 Å². The Morgan fingerprint density at radius 3 is 2.45 bits per heavy atom. The number of halogens is 1. The van der Waals surface area contributed by atoms with Gasteiger partial charge in [-0.25, -0.2) is 4.39 Å². The summed E-state index contributed by atoms with van der Waals surface area (Å²) in [5, 5.41) is 11.6. The predicted octanol–water partition coefficient (Wildman–Crippen LogP) is 1.83. The highest BCUT2D eigenvalue weighted by atomic mass is 19.1. The first-order chi connectivity index (χ1) is 9.61. The first kappa shape index (κ1) is 14.0. The van der Waals surface area contributed by atoms with Gasteiger partial charge >= 0.3 is 0 Å². The van der Waals surface area contributed by atoms with Gasteiger partial charge < -0.3 is 16.2 Å². The molecule has 1 amide bonds. The number of anilines is 1. The second kappa shape index (κ2) is 6.16. The Kier molecular flexibility index (Phi) is 4.32. The summed E-state index contributed by atoms with van der Waals surface area (Å²) in [6.45, 7) is 0.285. The van der Waals surface area contributed by atoms with Crippen molar-refractivity contribution in [1.82, 2.24) is 5.32 Å². The minimum Gasteiger partial charge on any atom is -0.396 e. The number of aliphatic hydroxyl groups excluding tert-OH is 1. The van der Waals surface area contributed by atoms with Crippen molar-refractivity contribution < 1.29 is 14.3 Å². The topological polar surface area (TPSA) is 75.4 Å². The number of benzene rings is 2. The molecule has 0 fully saturated rings. The van der Waals surface area contributed by atoms with Crippen molar-refractivity contribution in [2.75, 3.05) is 5.73 Å². The van der Waals surface area contributed by atoms with Crippen molar-refractivity contribution in [3.8, 4) is 0 Å². The number of aliphatic hydroxyl groups is 1. The summed E-state index contributed by atoms with van der Waals surface area (Å²) < 4.78 is 13.3. The van der Waals surface area contributed by atoms with Gasteiger partial charge in [-0.1, -0.05) is 30.3 Å². The molecular weight excluding hydrogens is 259 g/mol. The lowest BCUT2D eigenvalue weighted by atomic mass is 10.1. The van der Waals surface area contributed by atoms with Crippen LogP contribution in [-0.2, 0) is 13.2 Å². The van der Waals surface area contributed by atoms with Gasteiger partial charge in [0.1, 0.15) is 5.82 Å². The first-order valence-corrected chi connectivity index (χ1v) is 6.12. The van der Waals surface area contributed by atoms with Gasteiger partial charge in [0.05, 0.1) is 17.9 Å². The molecule has 0 aromatic heterocycles. The van der Waals surface area contributed by atoms with E-state index in [1.807, 2.05) is 0 Å². The van der Waals surface area contributed by atoms with E-state index in [0.29, 0.717) is 6.54 Å². The summed E-state index contributed by atoms with van der Waals surface area (Å²) in [5.74, 6) is -1.03. The molecule has 0 saturated carbocycles. The van der Waals surface area contributed by atoms with Crippen molar-refractivity contribution in [2.45, 2.75) is 13.2 Å². The van der Waals surface area contributed by atoms with Gasteiger partial charge in [0.2, 0.25) is 0 Å². The number of hydrogen-bond donors (Lipinski definition) is 3. The Bertz CT molecular complexity index is 612. The number of carbonyl (C=O) groups is 1. The summed E-state index contributed by atoms with van der Waals surface area (Å²) in [5.41, 5.74) is 7.18. The molecule has 0 spiro atoms. The minimum absolute atomic E-state index is 0.0214. The van der Waals surface area contributed by atoms with Crippen LogP contribution in [0.25, 0.3) is 0 Å². The van der Waals surface area contributed by atoms with Crippen LogP contribution in [-0.4, -0.2) is 11.0 Å². The molecule has 0 heterocycles. The van der Waals surface area contributed by atoms with Crippen molar-refractivity contribution >= 4 is 11.6 Å². The SMILES string of the molecule is Nc1c(F)cccc1C(=O)NCc1ccc(CO)cc1. The monoisotopic (exact) mass is 274 g/mol. The van der Waals surface area contributed by atoms with Gasteiger partial charge in [-0.15, -0.1) is 0 Å². The Balaban J connectivity index is 2.02. The smallest absolute Gasteiger partial charge is 0.253 e. The highest BCUT2D eigenvalue weighted by Gasteiger charge is 2.11. The lowest BCUT2D eigenvalue weighted by Crippen LogP contribution is -2.24. The van der Waals surface area contributed by atoms with Crippen molar-refractivity contribution in [2.24, 2.45) is 0 Å². The molecule has 4 nitrogen and oxygen atoms in total. The van der Waals surface area contributed by atoms with Crippen molar-refractivity contribution in [3.63, 3.8) is 0 Å². The van der Waals surface area contributed by atoms with Gasteiger partial charge in [0.15, 0.2) is 0 Å². The van der Waals surface area contributed by atoms with E-state index in [1.54, 1.807) is 24.3 Å². The molecule has 0 atom stereocenters. The summed E-state index contributed by atoms with van der Waals surface area (Å²) in [6, 6.07) is 11.3. The number of carbonyl (C=O) groups excluding carboxylic acids is 1. The van der Waals surface area contributed by atoms with Gasteiger partial charge in [-0.3, -0.25) is 4.79 Å². The molecule has 104 valence electrons. The Morgan fingerprint density at radius 2 is 1.80 bits per heavy atom. The van der Waals surface area contributed by atoms with Crippen LogP contribution in [0.5, 0.6) is 0 Å². The molecule has 0 aliphatic heterocycles. The molecule has 0 radical (unpaired) electrons. The second-order valence-corrected chi connectivity index (χ2v) is 4.36. The van der Waals surface area contributed by atoms with Crippen LogP contribution < -0.4 is 11.1 Å². The lowest BCUT2D eigenvalue weighted by molar-refractivity contribution is 0.0951. The maximum Gasteiger partial charge on any atom is 0.253 e. The van der Waals surface area contributed by atoms with E-state index in [2.05, 4.69) is 5.32 Å². The number of nitrogen functional groups attached to an aromatic ring is 1. The molecule has 2 aromatic carbocycles. The number of nitrogens with two attached hydrogens (primary N) is 1. The van der Waals surface area contributed by atoms with E-state index in [4.69, 9.17) is 10.8 Å². The summed E-state index contributed by atoms with van der Waals surface area (Å²) in [6.07, 6.45) is 0. The molecule has 2 rings (SSSR count). The summed E-state index contributed by atoms with van der Waals surface area (Å²) in [4.78, 5) is 11.9. The van der Waals surface area contributed by atoms with Crippen LogP contribution in [0.2, 0.25) is 0 Å². The Morgan fingerprint density at radius 1 is 1.15 bits per heavy atom. The van der Waals surface area contributed by atoms with Crippen LogP contribution >= 0.6 is 0 Å². The standard InChI is InChI=1S/C15H15FN2O2/c16-13-3-1-2-12(14(13)17)15(20)18-8-10-4-6-11(9-19)7-5-10/h1-7,19H,8-9,17H2,(H,18,20). The molecular formula is C15H15FN2O2. The quantitative estimate of drug-likeness (QED) is 0.744. The number of hydrogen-bond acceptors (Lipinski definition) is 3. The normalized spacial score (nSPS) is 10.3. The van der Waals surface area contributed by atoms with Crippen LogP contribution in [0.15, 0.2) is 42.5 Å². The molecule has 20 heavy (non-hydrogen) atoms. The zero-order valence-electron chi connectivity index (χ0n) is 10.8. The maximum atomic E-state index is 13.3.